The molecule has 0 saturated carbocycles. The summed E-state index contributed by atoms with van der Waals surface area (Å²) in [6, 6.07) is 0. The zero-order chi connectivity index (χ0) is 21.7. The Morgan fingerprint density at radius 3 is 2.04 bits per heavy atom. The van der Waals surface area contributed by atoms with Gasteiger partial charge in [-0.2, -0.15) is 0 Å². The Bertz CT molecular complexity index is 494. The molecule has 0 heterocycles. The van der Waals surface area contributed by atoms with Crippen LogP contribution in [0.3, 0.4) is 0 Å². The molecule has 0 amide bonds. The average molecular weight is 354 g/mol. The molecule has 0 aliphatic rings. The van der Waals surface area contributed by atoms with E-state index in [0.29, 0.717) is 0 Å². The highest BCUT2D eigenvalue weighted by Gasteiger charge is 2.40. The van der Waals surface area contributed by atoms with E-state index in [4.69, 9.17) is 33.9 Å². The van der Waals surface area contributed by atoms with Crippen LogP contribution < -0.4 is 0 Å². The Kier molecular flexibility index (Phi) is 7.75. The van der Waals surface area contributed by atoms with Gasteiger partial charge in [0.25, 0.3) is 0 Å². The molecule has 24 heavy (non-hydrogen) atoms. The van der Waals surface area contributed by atoms with Crippen molar-refractivity contribution in [3.63, 3.8) is 0 Å². The topological polar surface area (TPSA) is 107 Å². The Morgan fingerprint density at radius 2 is 1.54 bits per heavy atom. The fourth-order valence-corrected chi connectivity index (χ4v) is 1.83. The van der Waals surface area contributed by atoms with Crippen LogP contribution in [0.5, 0.6) is 0 Å². The lowest BCUT2D eigenvalue weighted by Gasteiger charge is -2.34. The van der Waals surface area contributed by atoms with E-state index in [2.05, 4.69) is 0 Å². The standard InChI is InChI=1S/C15H26O9/c1-9(16)22-8-12(20-5)15(24-11(3)18)14(21-6)13(7-19-4)23-10(2)17/h12-15H,7-8H2,1-6H3/t12-,13-,14-,15-/m1/s1/i4D,5D,6D,8D/t8?,12-,13-,14-,15-. The second-order valence-corrected chi connectivity index (χ2v) is 4.60. The number of hydrogen-bond acceptors (Lipinski definition) is 9. The third-order valence-electron chi connectivity index (χ3n) is 2.67. The van der Waals surface area contributed by atoms with Gasteiger partial charge in [0, 0.05) is 42.0 Å². The molecule has 0 bridgehead atoms. The number of carbonyl (C=O) groups is 3. The summed E-state index contributed by atoms with van der Waals surface area (Å²) in [6.45, 7) is 1.18. The monoisotopic (exact) mass is 354 g/mol. The molecule has 140 valence electrons. The number of methoxy groups -OCH3 is 3. The second-order valence-electron chi connectivity index (χ2n) is 4.60. The SMILES string of the molecule is [2H]COC[C@@H](OC(C)=O)[C@@H](OC[2H])[C@H](OC(C)=O)[C@H](OC[2H])C([2H])OC(C)=O. The summed E-state index contributed by atoms with van der Waals surface area (Å²) in [4.78, 5) is 34.3. The van der Waals surface area contributed by atoms with Gasteiger partial charge in [-0.3, -0.25) is 14.4 Å². The molecule has 0 aliphatic carbocycles. The molecule has 0 rings (SSSR count). The molecule has 0 aromatic heterocycles. The van der Waals surface area contributed by atoms with Crippen LogP contribution in [0.4, 0.5) is 0 Å². The number of hydrogen-bond donors (Lipinski definition) is 0. The third kappa shape index (κ3) is 8.23. The van der Waals surface area contributed by atoms with E-state index >= 15 is 0 Å². The minimum absolute atomic E-state index is 0.338. The van der Waals surface area contributed by atoms with E-state index < -0.39 is 70.2 Å². The fourth-order valence-electron chi connectivity index (χ4n) is 1.83. The van der Waals surface area contributed by atoms with Crippen molar-refractivity contribution in [2.24, 2.45) is 0 Å². The highest BCUT2D eigenvalue weighted by molar-refractivity contribution is 5.67. The third-order valence-corrected chi connectivity index (χ3v) is 2.67. The molecular formula is C15H26O9. The van der Waals surface area contributed by atoms with Crippen LogP contribution in [0, 0.1) is 0 Å². The molecule has 9 nitrogen and oxygen atoms in total. The molecule has 0 fully saturated rings. The maximum absolute atomic E-state index is 11.6. The molecule has 0 aliphatic heterocycles. The average Bonchev–Trinajstić information content (AvgIpc) is 2.58. The molecule has 1 unspecified atom stereocenters. The van der Waals surface area contributed by atoms with Crippen LogP contribution in [0.15, 0.2) is 0 Å². The van der Waals surface area contributed by atoms with Crippen LogP contribution in [0.25, 0.3) is 0 Å². The fraction of sp³-hybridized carbons (Fsp3) is 0.800. The summed E-state index contributed by atoms with van der Waals surface area (Å²) in [5, 5.41) is 0. The Labute approximate surface area is 147 Å². The highest BCUT2D eigenvalue weighted by Crippen LogP contribution is 2.18. The molecule has 0 radical (unpaired) electrons. The molecule has 0 saturated heterocycles. The Hall–Kier alpha value is -1.71. The van der Waals surface area contributed by atoms with Gasteiger partial charge in [0.2, 0.25) is 0 Å². The molecule has 0 aromatic rings. The molecule has 0 N–H and O–H groups in total. The largest absolute Gasteiger partial charge is 0.463 e. The molecule has 9 heteroatoms. The van der Waals surface area contributed by atoms with Gasteiger partial charge in [0.1, 0.15) is 18.8 Å². The molecule has 0 aromatic carbocycles. The maximum atomic E-state index is 11.6. The quantitative estimate of drug-likeness (QED) is 0.377. The van der Waals surface area contributed by atoms with Crippen molar-refractivity contribution in [3.8, 4) is 0 Å². The molecule has 0 spiro atoms. The van der Waals surface area contributed by atoms with E-state index in [1.54, 1.807) is 0 Å². The summed E-state index contributed by atoms with van der Waals surface area (Å²) in [5.41, 5.74) is 0. The zero-order valence-corrected chi connectivity index (χ0v) is 13.9. The second kappa shape index (κ2) is 11.8. The minimum Gasteiger partial charge on any atom is -0.463 e. The Balaban J connectivity index is 5.97. The highest BCUT2D eigenvalue weighted by atomic mass is 16.6. The summed E-state index contributed by atoms with van der Waals surface area (Å²) in [5.74, 6) is -2.37. The van der Waals surface area contributed by atoms with Crippen LogP contribution in [0.2, 0.25) is 0 Å². The lowest BCUT2D eigenvalue weighted by atomic mass is 10.0. The Morgan fingerprint density at radius 1 is 0.875 bits per heavy atom. The van der Waals surface area contributed by atoms with Crippen LogP contribution in [-0.2, 0) is 42.8 Å². The lowest BCUT2D eigenvalue weighted by molar-refractivity contribution is -0.194. The summed E-state index contributed by atoms with van der Waals surface area (Å²) < 4.78 is 60.0. The van der Waals surface area contributed by atoms with Gasteiger partial charge < -0.3 is 28.4 Å². The maximum Gasteiger partial charge on any atom is 0.303 e. The number of rotatable bonds is 11. The summed E-state index contributed by atoms with van der Waals surface area (Å²) in [7, 11) is -1.79. The van der Waals surface area contributed by atoms with Crippen LogP contribution in [-0.4, -0.2) is 76.8 Å². The lowest BCUT2D eigenvalue weighted by Crippen LogP contribution is -2.52. The first-order valence-corrected chi connectivity index (χ1v) is 6.80. The number of carbonyl (C=O) groups excluding carboxylic acids is 3. The van der Waals surface area contributed by atoms with Gasteiger partial charge in [-0.25, -0.2) is 0 Å². The van der Waals surface area contributed by atoms with E-state index in [1.165, 1.54) is 0 Å². The van der Waals surface area contributed by atoms with Gasteiger partial charge in [0.15, 0.2) is 12.2 Å². The van der Waals surface area contributed by atoms with Crippen molar-refractivity contribution >= 4 is 17.9 Å². The van der Waals surface area contributed by atoms with Crippen molar-refractivity contribution in [1.82, 2.24) is 0 Å². The van der Waals surface area contributed by atoms with E-state index in [-0.39, 0.29) is 6.61 Å². The first kappa shape index (κ1) is 15.8. The molecular weight excluding hydrogens is 324 g/mol. The van der Waals surface area contributed by atoms with E-state index in [0.717, 1.165) is 20.8 Å². The normalized spacial score (nSPS) is 19.3. The zero-order valence-electron chi connectivity index (χ0n) is 17.9. The predicted molar refractivity (Wildman–Crippen MR) is 81.2 cm³/mol. The van der Waals surface area contributed by atoms with Gasteiger partial charge in [-0.1, -0.05) is 0 Å². The number of ether oxygens (including phenoxy) is 6. The van der Waals surface area contributed by atoms with Crippen LogP contribution >= 0.6 is 0 Å². The van der Waals surface area contributed by atoms with E-state index in [1.807, 2.05) is 0 Å². The van der Waals surface area contributed by atoms with Crippen molar-refractivity contribution in [3.05, 3.63) is 0 Å². The van der Waals surface area contributed by atoms with Gasteiger partial charge >= 0.3 is 17.9 Å². The first-order valence-electron chi connectivity index (χ1n) is 9.50. The van der Waals surface area contributed by atoms with Gasteiger partial charge in [0.05, 0.1) is 12.1 Å². The number of esters is 3. The summed E-state index contributed by atoms with van der Waals surface area (Å²) in [6.07, 6.45) is -5.58. The minimum atomic E-state index is -1.71. The van der Waals surface area contributed by atoms with Crippen LogP contribution in [0.1, 0.15) is 26.3 Å². The predicted octanol–water partition coefficient (Wildman–Crippen LogP) is 0.0893. The summed E-state index contributed by atoms with van der Waals surface area (Å²) >= 11 is 0. The smallest absolute Gasteiger partial charge is 0.303 e. The first-order chi connectivity index (χ1) is 13.2. The molecule has 5 atom stereocenters. The van der Waals surface area contributed by atoms with Crippen molar-refractivity contribution in [1.29, 1.82) is 0 Å². The van der Waals surface area contributed by atoms with Crippen molar-refractivity contribution in [2.75, 3.05) is 34.4 Å². The van der Waals surface area contributed by atoms with Gasteiger partial charge in [-0.15, -0.1) is 0 Å². The van der Waals surface area contributed by atoms with Crippen molar-refractivity contribution in [2.45, 2.75) is 45.2 Å². The van der Waals surface area contributed by atoms with Gasteiger partial charge in [-0.05, 0) is 0 Å². The van der Waals surface area contributed by atoms with E-state index in [9.17, 15) is 14.4 Å². The van der Waals surface area contributed by atoms with Crippen molar-refractivity contribution < 1.29 is 48.3 Å².